The number of rotatable bonds is 4. The number of nitrogens with one attached hydrogen (secondary N) is 2. The fraction of sp³-hybridized carbons (Fsp3) is 0.412. The van der Waals surface area contributed by atoms with Crippen molar-refractivity contribution in [2.24, 2.45) is 5.92 Å². The second-order valence-electron chi connectivity index (χ2n) is 5.51. The Labute approximate surface area is 125 Å². The molecule has 2 amide bonds. The van der Waals surface area contributed by atoms with Gasteiger partial charge in [-0.05, 0) is 44.2 Å². The number of aryl methyl sites for hydroxylation is 2. The zero-order valence-corrected chi connectivity index (χ0v) is 12.6. The third-order valence-corrected chi connectivity index (χ3v) is 3.81. The zero-order valence-electron chi connectivity index (χ0n) is 12.6. The van der Waals surface area contributed by atoms with Crippen LogP contribution < -0.4 is 10.6 Å². The summed E-state index contributed by atoms with van der Waals surface area (Å²) in [5, 5.41) is 5.60. The number of anilines is 1. The van der Waals surface area contributed by atoms with E-state index in [-0.39, 0.29) is 24.3 Å². The number of hydrogen-bond donors (Lipinski definition) is 2. The van der Waals surface area contributed by atoms with E-state index in [1.807, 2.05) is 38.1 Å². The standard InChI is InChI=1S/C17H22N2O2/c1-12-7-6-8-13(2)16(12)19-15(20)11-18-17(21)14-9-4-3-5-10-14/h3-4,6-8,14H,5,9-11H2,1-2H3,(H,18,21)(H,19,20)/t14-/m0/s1. The van der Waals surface area contributed by atoms with Crippen LogP contribution in [0.3, 0.4) is 0 Å². The SMILES string of the molecule is Cc1cccc(C)c1NC(=O)CNC(=O)[C@H]1CC=CCC1. The quantitative estimate of drug-likeness (QED) is 0.836. The maximum atomic E-state index is 12.0. The summed E-state index contributed by atoms with van der Waals surface area (Å²) in [6.45, 7) is 3.93. The van der Waals surface area contributed by atoms with Gasteiger partial charge in [-0.3, -0.25) is 9.59 Å². The van der Waals surface area contributed by atoms with Crippen molar-refractivity contribution in [2.45, 2.75) is 33.1 Å². The van der Waals surface area contributed by atoms with Crippen LogP contribution in [0.2, 0.25) is 0 Å². The number of carbonyl (C=O) groups is 2. The van der Waals surface area contributed by atoms with Crippen molar-refractivity contribution in [3.8, 4) is 0 Å². The molecule has 1 aromatic carbocycles. The van der Waals surface area contributed by atoms with Crippen LogP contribution in [0.5, 0.6) is 0 Å². The van der Waals surface area contributed by atoms with Crippen LogP contribution in [-0.2, 0) is 9.59 Å². The van der Waals surface area contributed by atoms with E-state index >= 15 is 0 Å². The Hall–Kier alpha value is -2.10. The molecule has 4 heteroatoms. The van der Waals surface area contributed by atoms with E-state index in [4.69, 9.17) is 0 Å². The first-order valence-corrected chi connectivity index (χ1v) is 7.36. The van der Waals surface area contributed by atoms with Gasteiger partial charge in [0.05, 0.1) is 6.54 Å². The molecule has 0 aromatic heterocycles. The van der Waals surface area contributed by atoms with Crippen LogP contribution in [0.25, 0.3) is 0 Å². The largest absolute Gasteiger partial charge is 0.347 e. The van der Waals surface area contributed by atoms with Gasteiger partial charge in [0.1, 0.15) is 0 Å². The van der Waals surface area contributed by atoms with Gasteiger partial charge < -0.3 is 10.6 Å². The summed E-state index contributed by atoms with van der Waals surface area (Å²) in [5.74, 6) is -0.217. The molecular weight excluding hydrogens is 264 g/mol. The number of amides is 2. The van der Waals surface area contributed by atoms with Crippen molar-refractivity contribution in [2.75, 3.05) is 11.9 Å². The molecule has 2 N–H and O–H groups in total. The molecule has 0 saturated heterocycles. The van der Waals surface area contributed by atoms with Gasteiger partial charge in [0, 0.05) is 11.6 Å². The lowest BCUT2D eigenvalue weighted by Crippen LogP contribution is -2.37. The van der Waals surface area contributed by atoms with Gasteiger partial charge in [0.15, 0.2) is 0 Å². The number of para-hydroxylation sites is 1. The Morgan fingerprint density at radius 2 is 1.90 bits per heavy atom. The molecule has 112 valence electrons. The van der Waals surface area contributed by atoms with Gasteiger partial charge >= 0.3 is 0 Å². The van der Waals surface area contributed by atoms with E-state index < -0.39 is 0 Å². The predicted molar refractivity (Wildman–Crippen MR) is 84.0 cm³/mol. The van der Waals surface area contributed by atoms with Crippen molar-refractivity contribution in [1.29, 1.82) is 0 Å². The Balaban J connectivity index is 1.85. The van der Waals surface area contributed by atoms with E-state index in [0.29, 0.717) is 0 Å². The highest BCUT2D eigenvalue weighted by molar-refractivity contribution is 5.96. The molecule has 1 aromatic rings. The van der Waals surface area contributed by atoms with Gasteiger partial charge in [-0.2, -0.15) is 0 Å². The number of hydrogen-bond acceptors (Lipinski definition) is 2. The van der Waals surface area contributed by atoms with E-state index in [9.17, 15) is 9.59 Å². The summed E-state index contributed by atoms with van der Waals surface area (Å²) >= 11 is 0. The first-order chi connectivity index (χ1) is 10.1. The van der Waals surface area contributed by atoms with Gasteiger partial charge in [0.25, 0.3) is 0 Å². The third-order valence-electron chi connectivity index (χ3n) is 3.81. The molecule has 0 saturated carbocycles. The lowest BCUT2D eigenvalue weighted by atomic mass is 9.94. The minimum atomic E-state index is -0.188. The van der Waals surface area contributed by atoms with Crippen LogP contribution in [0.1, 0.15) is 30.4 Å². The van der Waals surface area contributed by atoms with Crippen molar-refractivity contribution in [3.63, 3.8) is 0 Å². The van der Waals surface area contributed by atoms with E-state index in [2.05, 4.69) is 16.7 Å². The van der Waals surface area contributed by atoms with Gasteiger partial charge in [-0.1, -0.05) is 30.4 Å². The molecule has 1 atom stereocenters. The second kappa shape index (κ2) is 7.07. The van der Waals surface area contributed by atoms with Crippen molar-refractivity contribution < 1.29 is 9.59 Å². The molecule has 4 nitrogen and oxygen atoms in total. The average Bonchev–Trinajstić information content (AvgIpc) is 2.49. The summed E-state index contributed by atoms with van der Waals surface area (Å²) in [6.07, 6.45) is 6.69. The number of benzene rings is 1. The van der Waals surface area contributed by atoms with Crippen LogP contribution in [0.15, 0.2) is 30.4 Å². The van der Waals surface area contributed by atoms with Crippen LogP contribution in [0, 0.1) is 19.8 Å². The predicted octanol–water partition coefficient (Wildman–Crippen LogP) is 2.71. The molecule has 0 fully saturated rings. The fourth-order valence-corrected chi connectivity index (χ4v) is 2.54. The lowest BCUT2D eigenvalue weighted by Gasteiger charge is -2.17. The summed E-state index contributed by atoms with van der Waals surface area (Å²) < 4.78 is 0. The first-order valence-electron chi connectivity index (χ1n) is 7.36. The van der Waals surface area contributed by atoms with Crippen molar-refractivity contribution in [1.82, 2.24) is 5.32 Å². The zero-order chi connectivity index (χ0) is 15.2. The smallest absolute Gasteiger partial charge is 0.243 e. The highest BCUT2D eigenvalue weighted by atomic mass is 16.2. The maximum Gasteiger partial charge on any atom is 0.243 e. The maximum absolute atomic E-state index is 12.0. The second-order valence-corrected chi connectivity index (χ2v) is 5.51. The van der Waals surface area contributed by atoms with Crippen molar-refractivity contribution >= 4 is 17.5 Å². The molecule has 1 aliphatic carbocycles. The van der Waals surface area contributed by atoms with Crippen LogP contribution in [0.4, 0.5) is 5.69 Å². The summed E-state index contributed by atoms with van der Waals surface area (Å²) in [4.78, 5) is 23.9. The molecule has 0 spiro atoms. The Kier molecular flexibility index (Phi) is 5.14. The van der Waals surface area contributed by atoms with E-state index in [1.165, 1.54) is 0 Å². The third kappa shape index (κ3) is 4.18. The van der Waals surface area contributed by atoms with Crippen LogP contribution in [-0.4, -0.2) is 18.4 Å². The lowest BCUT2D eigenvalue weighted by molar-refractivity contribution is -0.127. The summed E-state index contributed by atoms with van der Waals surface area (Å²) in [5.41, 5.74) is 2.87. The topological polar surface area (TPSA) is 58.2 Å². The normalized spacial score (nSPS) is 17.3. The number of carbonyl (C=O) groups excluding carboxylic acids is 2. The molecular formula is C17H22N2O2. The van der Waals surface area contributed by atoms with Gasteiger partial charge in [0.2, 0.25) is 11.8 Å². The van der Waals surface area contributed by atoms with Crippen LogP contribution >= 0.6 is 0 Å². The number of allylic oxidation sites excluding steroid dienone is 2. The molecule has 0 bridgehead atoms. The van der Waals surface area contributed by atoms with Crippen molar-refractivity contribution in [3.05, 3.63) is 41.5 Å². The molecule has 0 heterocycles. The minimum Gasteiger partial charge on any atom is -0.347 e. The van der Waals surface area contributed by atoms with E-state index in [0.717, 1.165) is 36.1 Å². The molecule has 21 heavy (non-hydrogen) atoms. The van der Waals surface area contributed by atoms with Gasteiger partial charge in [-0.15, -0.1) is 0 Å². The highest BCUT2D eigenvalue weighted by Gasteiger charge is 2.19. The average molecular weight is 286 g/mol. The molecule has 0 aliphatic heterocycles. The fourth-order valence-electron chi connectivity index (χ4n) is 2.54. The summed E-state index contributed by atoms with van der Waals surface area (Å²) in [7, 11) is 0. The Morgan fingerprint density at radius 1 is 1.19 bits per heavy atom. The molecule has 2 rings (SSSR count). The van der Waals surface area contributed by atoms with Gasteiger partial charge in [-0.25, -0.2) is 0 Å². The molecule has 0 unspecified atom stereocenters. The molecule has 1 aliphatic rings. The highest BCUT2D eigenvalue weighted by Crippen LogP contribution is 2.19. The first kappa shape index (κ1) is 15.3. The Bertz CT molecular complexity index is 544. The van der Waals surface area contributed by atoms with E-state index in [1.54, 1.807) is 0 Å². The minimum absolute atomic E-state index is 0.00278. The Morgan fingerprint density at radius 3 is 2.52 bits per heavy atom. The summed E-state index contributed by atoms with van der Waals surface area (Å²) in [6, 6.07) is 5.86. The monoisotopic (exact) mass is 286 g/mol. The molecule has 0 radical (unpaired) electrons.